The molecule has 0 radical (unpaired) electrons. The van der Waals surface area contributed by atoms with Crippen LogP contribution in [0.5, 0.6) is 0 Å². The van der Waals surface area contributed by atoms with E-state index < -0.39 is 66.1 Å². The number of rotatable bonds is 15. The first-order chi connectivity index (χ1) is 14.8. The number of primary amides is 2. The van der Waals surface area contributed by atoms with E-state index in [-0.39, 0.29) is 24.5 Å². The summed E-state index contributed by atoms with van der Waals surface area (Å²) >= 11 is 3.82. The Labute approximate surface area is 191 Å². The molecule has 0 aliphatic rings. The summed E-state index contributed by atoms with van der Waals surface area (Å²) in [6.45, 7) is 3.58. The average molecular weight is 477 g/mol. The van der Waals surface area contributed by atoms with Crippen molar-refractivity contribution in [1.82, 2.24) is 16.0 Å². The van der Waals surface area contributed by atoms with Gasteiger partial charge in [0.25, 0.3) is 0 Å². The predicted octanol–water partition coefficient (Wildman–Crippen LogP) is -3.03. The zero-order chi connectivity index (χ0) is 25.0. The molecular weight excluding hydrogens is 444 g/mol. The van der Waals surface area contributed by atoms with Gasteiger partial charge in [-0.3, -0.25) is 24.0 Å². The van der Waals surface area contributed by atoms with Gasteiger partial charge in [0.15, 0.2) is 0 Å². The lowest BCUT2D eigenvalue weighted by atomic mass is 9.98. The molecule has 5 unspecified atom stereocenters. The minimum absolute atomic E-state index is 0.195. The summed E-state index contributed by atoms with van der Waals surface area (Å²) in [6.07, 6.45) is -0.493. The molecule has 5 atom stereocenters. The molecular formula is C18H32N6O7S. The molecule has 13 nitrogen and oxygen atoms in total. The highest BCUT2D eigenvalue weighted by Crippen LogP contribution is 2.07. The van der Waals surface area contributed by atoms with Crippen molar-refractivity contribution >= 4 is 48.1 Å². The Balaban J connectivity index is 5.54. The van der Waals surface area contributed by atoms with Gasteiger partial charge < -0.3 is 38.3 Å². The zero-order valence-corrected chi connectivity index (χ0v) is 18.9. The van der Waals surface area contributed by atoms with Gasteiger partial charge in [-0.15, -0.1) is 0 Å². The Morgan fingerprint density at radius 2 is 1.38 bits per heavy atom. The maximum atomic E-state index is 12.8. The highest BCUT2D eigenvalue weighted by atomic mass is 32.1. The van der Waals surface area contributed by atoms with Crippen molar-refractivity contribution in [3.05, 3.63) is 0 Å². The first-order valence-corrected chi connectivity index (χ1v) is 10.5. The van der Waals surface area contributed by atoms with Crippen LogP contribution in [-0.4, -0.2) is 70.5 Å². The number of carboxylic acid groups (broad SMARTS) is 1. The lowest BCUT2D eigenvalue weighted by Crippen LogP contribution is -2.58. The van der Waals surface area contributed by atoms with E-state index in [4.69, 9.17) is 22.3 Å². The predicted molar refractivity (Wildman–Crippen MR) is 117 cm³/mol. The van der Waals surface area contributed by atoms with E-state index in [2.05, 4.69) is 28.6 Å². The SMILES string of the molecule is CCC(C)C(N)C(=O)NC(CCC(N)=O)C(=O)NC(CC(N)=O)C(=O)NC(CS)C(=O)O. The maximum absolute atomic E-state index is 12.8. The second-order valence-electron chi connectivity index (χ2n) is 7.29. The molecule has 0 heterocycles. The molecule has 10 N–H and O–H groups in total. The zero-order valence-electron chi connectivity index (χ0n) is 18.0. The molecule has 0 fully saturated rings. The van der Waals surface area contributed by atoms with Crippen LogP contribution in [-0.2, 0) is 28.8 Å². The van der Waals surface area contributed by atoms with Gasteiger partial charge in [0, 0.05) is 12.2 Å². The van der Waals surface area contributed by atoms with E-state index in [1.54, 1.807) is 6.92 Å². The third-order valence-electron chi connectivity index (χ3n) is 4.71. The maximum Gasteiger partial charge on any atom is 0.327 e. The molecule has 0 bridgehead atoms. The summed E-state index contributed by atoms with van der Waals surface area (Å²) in [6, 6.07) is -5.14. The van der Waals surface area contributed by atoms with Crippen molar-refractivity contribution < 1.29 is 33.9 Å². The van der Waals surface area contributed by atoms with Crippen LogP contribution >= 0.6 is 12.6 Å². The van der Waals surface area contributed by atoms with Gasteiger partial charge >= 0.3 is 5.97 Å². The van der Waals surface area contributed by atoms with Crippen LogP contribution < -0.4 is 33.2 Å². The fraction of sp³-hybridized carbons (Fsp3) is 0.667. The third-order valence-corrected chi connectivity index (χ3v) is 5.07. The second-order valence-corrected chi connectivity index (χ2v) is 7.66. The second kappa shape index (κ2) is 14.2. The summed E-state index contributed by atoms with van der Waals surface area (Å²) < 4.78 is 0. The Morgan fingerprint density at radius 1 is 0.875 bits per heavy atom. The van der Waals surface area contributed by atoms with E-state index in [0.717, 1.165) is 0 Å². The van der Waals surface area contributed by atoms with E-state index in [9.17, 15) is 28.8 Å². The molecule has 0 rings (SSSR count). The summed E-state index contributed by atoms with van der Waals surface area (Å²) in [5, 5.41) is 15.8. The van der Waals surface area contributed by atoms with Gasteiger partial charge in [-0.25, -0.2) is 4.79 Å². The molecule has 14 heteroatoms. The first kappa shape index (κ1) is 29.1. The largest absolute Gasteiger partial charge is 0.480 e. The van der Waals surface area contributed by atoms with Crippen molar-refractivity contribution in [2.75, 3.05) is 5.75 Å². The number of amides is 5. The van der Waals surface area contributed by atoms with Crippen LogP contribution in [0.1, 0.15) is 39.5 Å². The number of nitrogens with two attached hydrogens (primary N) is 3. The fourth-order valence-corrected chi connectivity index (χ4v) is 2.72. The summed E-state index contributed by atoms with van der Waals surface area (Å²) in [5.41, 5.74) is 16.1. The van der Waals surface area contributed by atoms with Crippen molar-refractivity contribution in [2.45, 2.75) is 63.7 Å². The molecule has 32 heavy (non-hydrogen) atoms. The molecule has 0 aromatic rings. The lowest BCUT2D eigenvalue weighted by Gasteiger charge is -2.25. The molecule has 0 aliphatic carbocycles. The van der Waals surface area contributed by atoms with Crippen LogP contribution in [0.3, 0.4) is 0 Å². The average Bonchev–Trinajstić information content (AvgIpc) is 2.71. The highest BCUT2D eigenvalue weighted by Gasteiger charge is 2.31. The summed E-state index contributed by atoms with van der Waals surface area (Å²) in [7, 11) is 0. The van der Waals surface area contributed by atoms with Crippen LogP contribution in [0.25, 0.3) is 0 Å². The minimum Gasteiger partial charge on any atom is -0.480 e. The van der Waals surface area contributed by atoms with Crippen molar-refractivity contribution in [3.8, 4) is 0 Å². The van der Waals surface area contributed by atoms with Gasteiger partial charge in [0.05, 0.1) is 12.5 Å². The first-order valence-electron chi connectivity index (χ1n) is 9.90. The van der Waals surface area contributed by atoms with Crippen molar-refractivity contribution in [3.63, 3.8) is 0 Å². The van der Waals surface area contributed by atoms with E-state index in [0.29, 0.717) is 6.42 Å². The Bertz CT molecular complexity index is 720. The van der Waals surface area contributed by atoms with Gasteiger partial charge in [-0.1, -0.05) is 20.3 Å². The highest BCUT2D eigenvalue weighted by molar-refractivity contribution is 7.80. The quantitative estimate of drug-likeness (QED) is 0.113. The molecule has 182 valence electrons. The van der Waals surface area contributed by atoms with Crippen molar-refractivity contribution in [2.24, 2.45) is 23.1 Å². The number of carbonyl (C=O) groups is 6. The van der Waals surface area contributed by atoms with Gasteiger partial charge in [0.1, 0.15) is 18.1 Å². The summed E-state index contributed by atoms with van der Waals surface area (Å²) in [4.78, 5) is 71.2. The molecule has 5 amide bonds. The van der Waals surface area contributed by atoms with Crippen LogP contribution in [0, 0.1) is 5.92 Å². The molecule has 0 saturated carbocycles. The Kier molecular flexibility index (Phi) is 13.0. The van der Waals surface area contributed by atoms with Gasteiger partial charge in [0.2, 0.25) is 29.5 Å². The van der Waals surface area contributed by atoms with Gasteiger partial charge in [-0.05, 0) is 12.3 Å². The van der Waals surface area contributed by atoms with E-state index in [1.165, 1.54) is 0 Å². The standard InChI is InChI=1S/C18H32N6O7S/c1-3-8(2)14(21)17(29)22-9(4-5-12(19)25)15(27)23-10(6-13(20)26)16(28)24-11(7-32)18(30)31/h8-11,14,32H,3-7,21H2,1-2H3,(H2,19,25)(H2,20,26)(H,22,29)(H,23,27)(H,24,28)(H,30,31). The monoisotopic (exact) mass is 476 g/mol. The van der Waals surface area contributed by atoms with Gasteiger partial charge in [-0.2, -0.15) is 12.6 Å². The fourth-order valence-electron chi connectivity index (χ4n) is 2.48. The lowest BCUT2D eigenvalue weighted by molar-refractivity contribution is -0.141. The molecule has 0 saturated heterocycles. The van der Waals surface area contributed by atoms with E-state index in [1.807, 2.05) is 6.92 Å². The Hall–Kier alpha value is -2.87. The Morgan fingerprint density at radius 3 is 1.81 bits per heavy atom. The van der Waals surface area contributed by atoms with Crippen molar-refractivity contribution in [1.29, 1.82) is 0 Å². The normalized spacial score (nSPS) is 15.4. The number of thiol groups is 1. The number of nitrogens with one attached hydrogen (secondary N) is 3. The molecule has 0 aromatic heterocycles. The van der Waals surface area contributed by atoms with Crippen LogP contribution in [0.4, 0.5) is 0 Å². The summed E-state index contributed by atoms with van der Waals surface area (Å²) in [5.74, 6) is -6.04. The molecule has 0 spiro atoms. The van der Waals surface area contributed by atoms with E-state index >= 15 is 0 Å². The number of hydrogen-bond donors (Lipinski definition) is 8. The number of carbonyl (C=O) groups excluding carboxylic acids is 5. The topological polar surface area (TPSA) is 237 Å². The van der Waals surface area contributed by atoms with Crippen LogP contribution in [0.2, 0.25) is 0 Å². The number of carboxylic acids is 1. The third kappa shape index (κ3) is 10.4. The smallest absolute Gasteiger partial charge is 0.327 e. The minimum atomic E-state index is -1.53. The molecule has 0 aliphatic heterocycles. The number of hydrogen-bond acceptors (Lipinski definition) is 8. The number of aliphatic carboxylic acids is 1. The van der Waals surface area contributed by atoms with Crippen LogP contribution in [0.15, 0.2) is 0 Å². The molecule has 0 aromatic carbocycles.